The summed E-state index contributed by atoms with van der Waals surface area (Å²) in [5, 5.41) is 11.7. The molecule has 0 aromatic carbocycles. The maximum atomic E-state index is 5.56. The lowest BCUT2D eigenvalue weighted by molar-refractivity contribution is 0.114. The zero-order valence-corrected chi connectivity index (χ0v) is 13.3. The second kappa shape index (κ2) is 7.04. The van der Waals surface area contributed by atoms with Gasteiger partial charge >= 0.3 is 0 Å². The van der Waals surface area contributed by atoms with E-state index in [9.17, 15) is 0 Å². The molecule has 2 N–H and O–H groups in total. The molecular weight excluding hydrogens is 272 g/mol. The van der Waals surface area contributed by atoms with Crippen LogP contribution in [0.1, 0.15) is 36.7 Å². The summed E-state index contributed by atoms with van der Waals surface area (Å²) in [6, 6.07) is 0. The van der Waals surface area contributed by atoms with E-state index in [1.165, 1.54) is 11.3 Å². The summed E-state index contributed by atoms with van der Waals surface area (Å²) in [4.78, 5) is 0. The van der Waals surface area contributed by atoms with E-state index >= 15 is 0 Å². The smallest absolute Gasteiger partial charge is 0.166 e. The van der Waals surface area contributed by atoms with Crippen LogP contribution in [0.2, 0.25) is 0 Å². The molecule has 0 saturated carbocycles. The number of ether oxygens (including phenoxy) is 1. The van der Waals surface area contributed by atoms with Crippen LogP contribution in [-0.2, 0) is 17.8 Å². The van der Waals surface area contributed by atoms with Gasteiger partial charge < -0.3 is 15.4 Å². The van der Waals surface area contributed by atoms with E-state index in [1.54, 1.807) is 0 Å². The summed E-state index contributed by atoms with van der Waals surface area (Å²) in [5.41, 5.74) is 3.51. The Labute approximate surface area is 126 Å². The van der Waals surface area contributed by atoms with Crippen LogP contribution in [-0.4, -0.2) is 34.1 Å². The molecule has 112 valence electrons. The predicted octanol–water partition coefficient (Wildman–Crippen LogP) is 1.66. The van der Waals surface area contributed by atoms with E-state index in [-0.39, 0.29) is 0 Å². The van der Waals surface area contributed by atoms with Gasteiger partial charge in [-0.1, -0.05) is 0 Å². The van der Waals surface area contributed by atoms with Crippen molar-refractivity contribution >= 4 is 17.3 Å². The molecule has 1 aliphatic rings. The van der Waals surface area contributed by atoms with Gasteiger partial charge in [0.25, 0.3) is 0 Å². The molecule has 1 aromatic heterocycles. The Kier molecular flexibility index (Phi) is 5.37. The van der Waals surface area contributed by atoms with E-state index < -0.39 is 0 Å². The molecule has 1 atom stereocenters. The maximum absolute atomic E-state index is 5.56. The van der Waals surface area contributed by atoms with Crippen LogP contribution in [0, 0.1) is 13.8 Å². The molecule has 1 aliphatic heterocycles. The molecule has 2 heterocycles. The zero-order valence-electron chi connectivity index (χ0n) is 12.5. The molecule has 0 spiro atoms. The molecule has 1 saturated heterocycles. The van der Waals surface area contributed by atoms with Gasteiger partial charge in [-0.05, 0) is 45.8 Å². The van der Waals surface area contributed by atoms with Crippen molar-refractivity contribution in [3.8, 4) is 0 Å². The number of hydrogen-bond donors (Lipinski definition) is 2. The molecule has 0 aliphatic carbocycles. The van der Waals surface area contributed by atoms with Crippen molar-refractivity contribution in [2.45, 2.75) is 52.8 Å². The SMILES string of the molecule is CCn1nc(C)c(CNC(=S)NCC2CCCO2)c1C. The van der Waals surface area contributed by atoms with Gasteiger partial charge in [0.15, 0.2) is 5.11 Å². The quantitative estimate of drug-likeness (QED) is 0.810. The van der Waals surface area contributed by atoms with Gasteiger partial charge in [-0.25, -0.2) is 0 Å². The van der Waals surface area contributed by atoms with E-state index in [2.05, 4.69) is 29.6 Å². The first-order valence-corrected chi connectivity index (χ1v) is 7.68. The molecule has 6 heteroatoms. The molecule has 0 radical (unpaired) electrons. The highest BCUT2D eigenvalue weighted by Gasteiger charge is 2.15. The average molecular weight is 296 g/mol. The minimum Gasteiger partial charge on any atom is -0.376 e. The standard InChI is InChI=1S/C14H24N4OS/c1-4-18-11(3)13(10(2)17-18)9-16-14(20)15-8-12-6-5-7-19-12/h12H,4-9H2,1-3H3,(H2,15,16,20). The molecule has 0 amide bonds. The monoisotopic (exact) mass is 296 g/mol. The maximum Gasteiger partial charge on any atom is 0.166 e. The topological polar surface area (TPSA) is 51.1 Å². The van der Waals surface area contributed by atoms with E-state index in [0.717, 1.165) is 44.8 Å². The molecule has 2 rings (SSSR count). The molecule has 0 bridgehead atoms. The second-order valence-electron chi connectivity index (χ2n) is 5.16. The van der Waals surface area contributed by atoms with Crippen molar-refractivity contribution in [1.82, 2.24) is 20.4 Å². The molecular formula is C14H24N4OS. The first-order chi connectivity index (χ1) is 9.61. The fraction of sp³-hybridized carbons (Fsp3) is 0.714. The van der Waals surface area contributed by atoms with Crippen LogP contribution in [0.3, 0.4) is 0 Å². The molecule has 1 aromatic rings. The Morgan fingerprint density at radius 2 is 2.25 bits per heavy atom. The fourth-order valence-electron chi connectivity index (χ4n) is 2.54. The summed E-state index contributed by atoms with van der Waals surface area (Å²) in [7, 11) is 0. The van der Waals surface area contributed by atoms with Crippen LogP contribution in [0.5, 0.6) is 0 Å². The Morgan fingerprint density at radius 3 is 2.85 bits per heavy atom. The van der Waals surface area contributed by atoms with Gasteiger partial charge in [-0.15, -0.1) is 0 Å². The summed E-state index contributed by atoms with van der Waals surface area (Å²) in [6.45, 7) is 9.52. The summed E-state index contributed by atoms with van der Waals surface area (Å²) >= 11 is 5.30. The first-order valence-electron chi connectivity index (χ1n) is 7.28. The van der Waals surface area contributed by atoms with Gasteiger partial charge in [0.1, 0.15) is 0 Å². The lowest BCUT2D eigenvalue weighted by Gasteiger charge is -2.14. The van der Waals surface area contributed by atoms with Crippen molar-refractivity contribution in [3.63, 3.8) is 0 Å². The Bertz CT molecular complexity index is 466. The van der Waals surface area contributed by atoms with Gasteiger partial charge in [-0.2, -0.15) is 5.10 Å². The van der Waals surface area contributed by atoms with Crippen molar-refractivity contribution in [2.75, 3.05) is 13.2 Å². The predicted molar refractivity (Wildman–Crippen MR) is 83.8 cm³/mol. The number of rotatable bonds is 5. The summed E-state index contributed by atoms with van der Waals surface area (Å²) in [6.07, 6.45) is 2.58. The largest absolute Gasteiger partial charge is 0.376 e. The minimum atomic E-state index is 0.307. The number of thiocarbonyl (C=S) groups is 1. The van der Waals surface area contributed by atoms with Crippen LogP contribution < -0.4 is 10.6 Å². The van der Waals surface area contributed by atoms with E-state index in [0.29, 0.717) is 11.2 Å². The highest BCUT2D eigenvalue weighted by Crippen LogP contribution is 2.13. The normalized spacial score (nSPS) is 18.2. The highest BCUT2D eigenvalue weighted by molar-refractivity contribution is 7.80. The lowest BCUT2D eigenvalue weighted by atomic mass is 10.2. The lowest BCUT2D eigenvalue weighted by Crippen LogP contribution is -2.39. The van der Waals surface area contributed by atoms with E-state index in [1.807, 2.05) is 11.6 Å². The minimum absolute atomic E-state index is 0.307. The number of nitrogens with one attached hydrogen (secondary N) is 2. The third kappa shape index (κ3) is 3.70. The third-order valence-corrected chi connectivity index (χ3v) is 4.06. The van der Waals surface area contributed by atoms with Crippen LogP contribution in [0.15, 0.2) is 0 Å². The highest BCUT2D eigenvalue weighted by atomic mass is 32.1. The van der Waals surface area contributed by atoms with Crippen LogP contribution in [0.4, 0.5) is 0 Å². The molecule has 20 heavy (non-hydrogen) atoms. The van der Waals surface area contributed by atoms with Gasteiger partial charge in [0.2, 0.25) is 0 Å². The second-order valence-corrected chi connectivity index (χ2v) is 5.57. The van der Waals surface area contributed by atoms with Crippen molar-refractivity contribution in [3.05, 3.63) is 17.0 Å². The summed E-state index contributed by atoms with van der Waals surface area (Å²) in [5.74, 6) is 0. The number of aryl methyl sites for hydroxylation is 2. The van der Waals surface area contributed by atoms with Crippen LogP contribution >= 0.6 is 12.2 Å². The molecule has 1 fully saturated rings. The fourth-order valence-corrected chi connectivity index (χ4v) is 2.70. The van der Waals surface area contributed by atoms with Gasteiger partial charge in [0, 0.05) is 37.5 Å². The summed E-state index contributed by atoms with van der Waals surface area (Å²) < 4.78 is 7.58. The number of hydrogen-bond acceptors (Lipinski definition) is 3. The Morgan fingerprint density at radius 1 is 1.45 bits per heavy atom. The van der Waals surface area contributed by atoms with Crippen LogP contribution in [0.25, 0.3) is 0 Å². The number of nitrogens with zero attached hydrogens (tertiary/aromatic N) is 2. The van der Waals surface area contributed by atoms with Gasteiger partial charge in [-0.3, -0.25) is 4.68 Å². The average Bonchev–Trinajstić information content (AvgIpc) is 3.03. The zero-order chi connectivity index (χ0) is 14.5. The van der Waals surface area contributed by atoms with Gasteiger partial charge in [0.05, 0.1) is 11.8 Å². The molecule has 1 unspecified atom stereocenters. The molecule has 5 nitrogen and oxygen atoms in total. The first kappa shape index (κ1) is 15.3. The Hall–Kier alpha value is -1.14. The van der Waals surface area contributed by atoms with Crippen molar-refractivity contribution in [2.24, 2.45) is 0 Å². The third-order valence-electron chi connectivity index (χ3n) is 3.77. The van der Waals surface area contributed by atoms with Crippen molar-refractivity contribution < 1.29 is 4.74 Å². The number of aromatic nitrogens is 2. The van der Waals surface area contributed by atoms with E-state index in [4.69, 9.17) is 17.0 Å². The Balaban J connectivity index is 1.79. The van der Waals surface area contributed by atoms with Crippen molar-refractivity contribution in [1.29, 1.82) is 0 Å².